The Bertz CT molecular complexity index is 519. The first-order valence-electron chi connectivity index (χ1n) is 6.13. The van der Waals surface area contributed by atoms with Crippen LogP contribution in [0.4, 0.5) is 0 Å². The zero-order valence-corrected chi connectivity index (χ0v) is 11.5. The predicted molar refractivity (Wildman–Crippen MR) is 68.5 cm³/mol. The van der Waals surface area contributed by atoms with Gasteiger partial charge in [-0.1, -0.05) is 13.8 Å². The molecule has 0 aliphatic heterocycles. The second-order valence-corrected chi connectivity index (χ2v) is 7.46. The van der Waals surface area contributed by atoms with E-state index in [1.54, 1.807) is 0 Å². The van der Waals surface area contributed by atoms with Gasteiger partial charge in [0.2, 0.25) is 10.0 Å². The van der Waals surface area contributed by atoms with Gasteiger partial charge in [-0.2, -0.15) is 0 Å². The Kier molecular flexibility index (Phi) is 3.53. The molecule has 0 spiro atoms. The van der Waals surface area contributed by atoms with E-state index in [0.29, 0.717) is 5.69 Å². The molecule has 1 aromatic heterocycles. The Balaban J connectivity index is 2.08. The first-order chi connectivity index (χ1) is 8.32. The number of rotatable bonds is 4. The minimum absolute atomic E-state index is 0.0116. The molecule has 0 aromatic carbocycles. The van der Waals surface area contributed by atoms with Crippen LogP contribution in [-0.2, 0) is 16.6 Å². The van der Waals surface area contributed by atoms with E-state index >= 15 is 0 Å². The molecule has 1 aromatic rings. The van der Waals surface area contributed by atoms with Crippen molar-refractivity contribution in [1.29, 1.82) is 0 Å². The molecule has 0 radical (unpaired) electrons. The maximum atomic E-state index is 12.1. The highest BCUT2D eigenvalue weighted by Gasteiger charge is 2.33. The molecule has 6 heteroatoms. The van der Waals surface area contributed by atoms with Crippen LogP contribution in [0.5, 0.6) is 0 Å². The lowest BCUT2D eigenvalue weighted by molar-refractivity contribution is 0.277. The van der Waals surface area contributed by atoms with Gasteiger partial charge in [-0.05, 0) is 30.7 Å². The van der Waals surface area contributed by atoms with Gasteiger partial charge in [0.15, 0.2) is 0 Å². The van der Waals surface area contributed by atoms with Crippen molar-refractivity contribution in [2.45, 2.75) is 50.7 Å². The van der Waals surface area contributed by atoms with E-state index in [-0.39, 0.29) is 23.0 Å². The lowest BCUT2D eigenvalue weighted by atomic mass is 9.92. The fourth-order valence-electron chi connectivity index (χ4n) is 2.49. The summed E-state index contributed by atoms with van der Waals surface area (Å²) in [5.74, 6) is 0. The summed E-state index contributed by atoms with van der Waals surface area (Å²) in [5, 5.41) is 8.92. The van der Waals surface area contributed by atoms with Crippen molar-refractivity contribution < 1.29 is 13.5 Å². The van der Waals surface area contributed by atoms with E-state index in [1.165, 1.54) is 12.3 Å². The molecule has 1 saturated carbocycles. The average Bonchev–Trinajstić information content (AvgIpc) is 2.84. The normalized spacial score (nSPS) is 23.4. The van der Waals surface area contributed by atoms with Crippen LogP contribution < -0.4 is 4.72 Å². The molecule has 1 atom stereocenters. The van der Waals surface area contributed by atoms with Crippen LogP contribution in [0, 0.1) is 5.41 Å². The van der Waals surface area contributed by atoms with Crippen LogP contribution in [0.1, 0.15) is 38.8 Å². The lowest BCUT2D eigenvalue weighted by Crippen LogP contribution is -2.33. The van der Waals surface area contributed by atoms with Crippen molar-refractivity contribution in [3.63, 3.8) is 0 Å². The standard InChI is InChI=1S/C12H20N2O3S/c1-12(2)4-3-9(6-12)14-18(16,17)11-5-10(8-15)13-7-11/h5,7,9,13-15H,3-4,6,8H2,1-2H3. The van der Waals surface area contributed by atoms with E-state index in [0.717, 1.165) is 19.3 Å². The van der Waals surface area contributed by atoms with Gasteiger partial charge in [0.05, 0.1) is 11.5 Å². The molecular weight excluding hydrogens is 252 g/mol. The monoisotopic (exact) mass is 272 g/mol. The molecule has 18 heavy (non-hydrogen) atoms. The largest absolute Gasteiger partial charge is 0.390 e. The molecule has 1 heterocycles. The number of hydrogen-bond acceptors (Lipinski definition) is 3. The van der Waals surface area contributed by atoms with Gasteiger partial charge < -0.3 is 10.1 Å². The summed E-state index contributed by atoms with van der Waals surface area (Å²) in [4.78, 5) is 2.92. The minimum atomic E-state index is -3.48. The van der Waals surface area contributed by atoms with Gasteiger partial charge >= 0.3 is 0 Å². The van der Waals surface area contributed by atoms with Crippen LogP contribution >= 0.6 is 0 Å². The Hall–Kier alpha value is -0.850. The van der Waals surface area contributed by atoms with Crippen LogP contribution in [0.3, 0.4) is 0 Å². The highest BCUT2D eigenvalue weighted by Crippen LogP contribution is 2.37. The van der Waals surface area contributed by atoms with Gasteiger partial charge in [-0.3, -0.25) is 0 Å². The molecule has 1 unspecified atom stereocenters. The first-order valence-corrected chi connectivity index (χ1v) is 7.61. The third-order valence-corrected chi connectivity index (χ3v) is 4.99. The summed E-state index contributed by atoms with van der Waals surface area (Å²) in [6.07, 6.45) is 4.19. The highest BCUT2D eigenvalue weighted by molar-refractivity contribution is 7.89. The molecule has 102 valence electrons. The maximum Gasteiger partial charge on any atom is 0.242 e. The molecule has 0 amide bonds. The summed E-state index contributed by atoms with van der Waals surface area (Å²) in [6.45, 7) is 4.12. The van der Waals surface area contributed by atoms with Crippen LogP contribution in [0.2, 0.25) is 0 Å². The highest BCUT2D eigenvalue weighted by atomic mass is 32.2. The second-order valence-electron chi connectivity index (χ2n) is 5.74. The topological polar surface area (TPSA) is 82.2 Å². The number of hydrogen-bond donors (Lipinski definition) is 3. The van der Waals surface area contributed by atoms with Crippen LogP contribution in [-0.4, -0.2) is 24.6 Å². The van der Waals surface area contributed by atoms with Crippen molar-refractivity contribution >= 4 is 10.0 Å². The van der Waals surface area contributed by atoms with Crippen molar-refractivity contribution in [3.05, 3.63) is 18.0 Å². The number of aromatic amines is 1. The van der Waals surface area contributed by atoms with E-state index in [4.69, 9.17) is 5.11 Å². The van der Waals surface area contributed by atoms with Crippen molar-refractivity contribution in [2.75, 3.05) is 0 Å². The zero-order chi connectivity index (χ0) is 13.4. The minimum Gasteiger partial charge on any atom is -0.390 e. The fraction of sp³-hybridized carbons (Fsp3) is 0.667. The Morgan fingerprint density at radius 1 is 1.56 bits per heavy atom. The van der Waals surface area contributed by atoms with Crippen LogP contribution in [0.25, 0.3) is 0 Å². The average molecular weight is 272 g/mol. The molecule has 0 bridgehead atoms. The third kappa shape index (κ3) is 2.93. The molecule has 1 aliphatic rings. The zero-order valence-electron chi connectivity index (χ0n) is 10.7. The Labute approximate surface area is 108 Å². The quantitative estimate of drug-likeness (QED) is 0.774. The summed E-state index contributed by atoms with van der Waals surface area (Å²) >= 11 is 0. The Morgan fingerprint density at radius 3 is 2.78 bits per heavy atom. The van der Waals surface area contributed by atoms with Crippen molar-refractivity contribution in [2.24, 2.45) is 5.41 Å². The SMILES string of the molecule is CC1(C)CCC(NS(=O)(=O)c2c[nH]c(CO)c2)C1. The molecule has 1 aliphatic carbocycles. The molecule has 3 N–H and O–H groups in total. The van der Waals surface area contributed by atoms with E-state index in [9.17, 15) is 8.42 Å². The second kappa shape index (κ2) is 4.68. The molecule has 0 saturated heterocycles. The number of aliphatic hydroxyl groups is 1. The van der Waals surface area contributed by atoms with Gasteiger partial charge in [0.1, 0.15) is 0 Å². The molecule has 5 nitrogen and oxygen atoms in total. The number of aromatic nitrogens is 1. The Morgan fingerprint density at radius 2 is 2.28 bits per heavy atom. The van der Waals surface area contributed by atoms with Crippen molar-refractivity contribution in [1.82, 2.24) is 9.71 Å². The maximum absolute atomic E-state index is 12.1. The fourth-order valence-corrected chi connectivity index (χ4v) is 3.78. The number of H-pyrrole nitrogens is 1. The summed E-state index contributed by atoms with van der Waals surface area (Å²) in [5.41, 5.74) is 0.712. The third-order valence-electron chi connectivity index (χ3n) is 3.49. The number of sulfonamides is 1. The first kappa shape index (κ1) is 13.6. The lowest BCUT2D eigenvalue weighted by Gasteiger charge is -2.17. The van der Waals surface area contributed by atoms with E-state index in [2.05, 4.69) is 23.6 Å². The molecule has 1 fully saturated rings. The summed E-state index contributed by atoms with van der Waals surface area (Å²) in [6, 6.07) is 1.47. The van der Waals surface area contributed by atoms with E-state index < -0.39 is 10.0 Å². The van der Waals surface area contributed by atoms with Crippen molar-refractivity contribution in [3.8, 4) is 0 Å². The summed E-state index contributed by atoms with van der Waals surface area (Å²) in [7, 11) is -3.48. The van der Waals surface area contributed by atoms with Gasteiger partial charge in [-0.15, -0.1) is 0 Å². The predicted octanol–water partition coefficient (Wildman–Crippen LogP) is 1.36. The molecule has 2 rings (SSSR count). The molecular formula is C12H20N2O3S. The smallest absolute Gasteiger partial charge is 0.242 e. The summed E-state index contributed by atoms with van der Waals surface area (Å²) < 4.78 is 27.0. The number of aliphatic hydroxyl groups excluding tert-OH is 1. The van der Waals surface area contributed by atoms with Gasteiger partial charge in [0.25, 0.3) is 0 Å². The van der Waals surface area contributed by atoms with Gasteiger partial charge in [-0.25, -0.2) is 13.1 Å². The van der Waals surface area contributed by atoms with Crippen LogP contribution in [0.15, 0.2) is 17.2 Å². The van der Waals surface area contributed by atoms with E-state index in [1.807, 2.05) is 0 Å². The number of nitrogens with one attached hydrogen (secondary N) is 2. The van der Waals surface area contributed by atoms with Gasteiger partial charge in [0, 0.05) is 17.9 Å².